The Morgan fingerprint density at radius 2 is 1.94 bits per heavy atom. The molecule has 2 rings (SSSR count). The fourth-order valence-corrected chi connectivity index (χ4v) is 2.02. The summed E-state index contributed by atoms with van der Waals surface area (Å²) in [6.45, 7) is 2.48. The van der Waals surface area contributed by atoms with Gasteiger partial charge >= 0.3 is 11.7 Å². The van der Waals surface area contributed by atoms with Crippen molar-refractivity contribution in [2.75, 3.05) is 6.61 Å². The maximum Gasteiger partial charge on any atom is 0.328 e. The van der Waals surface area contributed by atoms with Crippen LogP contribution in [0.2, 0.25) is 0 Å². The highest BCUT2D eigenvalue weighted by atomic mass is 16.5. The molecule has 1 heterocycles. The molecule has 0 saturated carbocycles. The van der Waals surface area contributed by atoms with Crippen molar-refractivity contribution in [3.05, 3.63) is 34.7 Å². The lowest BCUT2D eigenvalue weighted by Crippen LogP contribution is -2.23. The summed E-state index contributed by atoms with van der Waals surface area (Å²) in [6, 6.07) is 7.53. The van der Waals surface area contributed by atoms with Gasteiger partial charge in [0.1, 0.15) is 0 Å². The lowest BCUT2D eigenvalue weighted by Gasteiger charge is -2.03. The van der Waals surface area contributed by atoms with Gasteiger partial charge in [-0.15, -0.1) is 0 Å². The van der Waals surface area contributed by atoms with Crippen LogP contribution in [0.4, 0.5) is 0 Å². The first-order chi connectivity index (χ1) is 8.65. The Labute approximate surface area is 105 Å². The summed E-state index contributed by atoms with van der Waals surface area (Å²) in [4.78, 5) is 23.4. The number of hydrogen-bond donors (Lipinski definition) is 0. The molecule has 0 amide bonds. The summed E-state index contributed by atoms with van der Waals surface area (Å²) in [6.07, 6.45) is 0.210. The second kappa shape index (κ2) is 5.08. The minimum atomic E-state index is -0.280. The number of imidazole rings is 1. The zero-order chi connectivity index (χ0) is 13.1. The number of carbonyl (C=O) groups is 1. The van der Waals surface area contributed by atoms with E-state index in [4.69, 9.17) is 4.74 Å². The summed E-state index contributed by atoms with van der Waals surface area (Å²) < 4.78 is 8.05. The Bertz CT molecular complexity index is 625. The van der Waals surface area contributed by atoms with E-state index in [0.717, 1.165) is 11.0 Å². The molecule has 96 valence electrons. The van der Waals surface area contributed by atoms with Crippen LogP contribution in [0.1, 0.15) is 13.3 Å². The third-order valence-corrected chi connectivity index (χ3v) is 2.90. The van der Waals surface area contributed by atoms with Crippen LogP contribution in [0.25, 0.3) is 11.0 Å². The summed E-state index contributed by atoms with van der Waals surface area (Å²) in [5, 5.41) is 0. The zero-order valence-corrected chi connectivity index (χ0v) is 10.5. The van der Waals surface area contributed by atoms with Gasteiger partial charge in [0.05, 0.1) is 24.1 Å². The van der Waals surface area contributed by atoms with Crippen LogP contribution in [0, 0.1) is 0 Å². The molecule has 18 heavy (non-hydrogen) atoms. The lowest BCUT2D eigenvalue weighted by molar-refractivity contribution is -0.143. The van der Waals surface area contributed by atoms with Gasteiger partial charge in [0.25, 0.3) is 0 Å². The van der Waals surface area contributed by atoms with E-state index < -0.39 is 0 Å². The molecule has 0 spiro atoms. The standard InChI is InChI=1S/C13H16N2O3/c1-3-18-12(16)8-9-15-11-7-5-4-6-10(11)14(2)13(15)17/h4-7H,3,8-9H2,1-2H3. The molecule has 0 saturated heterocycles. The third kappa shape index (κ3) is 2.16. The molecular weight excluding hydrogens is 232 g/mol. The van der Waals surface area contributed by atoms with Gasteiger partial charge in [0, 0.05) is 13.6 Å². The molecule has 0 bridgehead atoms. The van der Waals surface area contributed by atoms with Gasteiger partial charge in [-0.25, -0.2) is 4.79 Å². The molecule has 5 nitrogen and oxygen atoms in total. The predicted molar refractivity (Wildman–Crippen MR) is 68.4 cm³/mol. The smallest absolute Gasteiger partial charge is 0.328 e. The molecule has 1 aromatic carbocycles. The van der Waals surface area contributed by atoms with E-state index >= 15 is 0 Å². The number of esters is 1. The molecule has 0 unspecified atom stereocenters. The molecule has 0 fully saturated rings. The molecule has 0 aliphatic heterocycles. The first-order valence-corrected chi connectivity index (χ1v) is 5.95. The fourth-order valence-electron chi connectivity index (χ4n) is 2.02. The van der Waals surface area contributed by atoms with Crippen molar-refractivity contribution in [2.45, 2.75) is 19.9 Å². The van der Waals surface area contributed by atoms with Gasteiger partial charge in [-0.3, -0.25) is 13.9 Å². The second-order valence-electron chi connectivity index (χ2n) is 4.04. The first-order valence-electron chi connectivity index (χ1n) is 5.95. The summed E-state index contributed by atoms with van der Waals surface area (Å²) in [5.74, 6) is -0.280. The Morgan fingerprint density at radius 3 is 2.61 bits per heavy atom. The van der Waals surface area contributed by atoms with E-state index in [1.807, 2.05) is 24.3 Å². The van der Waals surface area contributed by atoms with Crippen molar-refractivity contribution in [2.24, 2.45) is 7.05 Å². The van der Waals surface area contributed by atoms with Crippen LogP contribution in [0.15, 0.2) is 29.1 Å². The number of hydrogen-bond acceptors (Lipinski definition) is 3. The molecule has 0 atom stereocenters. The second-order valence-corrected chi connectivity index (χ2v) is 4.04. The number of aryl methyl sites for hydroxylation is 2. The van der Waals surface area contributed by atoms with Crippen molar-refractivity contribution in [3.8, 4) is 0 Å². The Hall–Kier alpha value is -2.04. The number of para-hydroxylation sites is 2. The van der Waals surface area contributed by atoms with Gasteiger partial charge in [0.15, 0.2) is 0 Å². The molecule has 0 radical (unpaired) electrons. The average molecular weight is 248 g/mol. The molecule has 0 N–H and O–H groups in total. The number of rotatable bonds is 4. The SMILES string of the molecule is CCOC(=O)CCn1c(=O)n(C)c2ccccc21. The van der Waals surface area contributed by atoms with Gasteiger partial charge in [-0.05, 0) is 19.1 Å². The molecule has 1 aromatic heterocycles. The van der Waals surface area contributed by atoms with Crippen molar-refractivity contribution < 1.29 is 9.53 Å². The van der Waals surface area contributed by atoms with Gasteiger partial charge in [-0.2, -0.15) is 0 Å². The van der Waals surface area contributed by atoms with Crippen molar-refractivity contribution in [3.63, 3.8) is 0 Å². The van der Waals surface area contributed by atoms with Gasteiger partial charge in [0.2, 0.25) is 0 Å². The number of aromatic nitrogens is 2. The Kier molecular flexibility index (Phi) is 3.50. The predicted octanol–water partition coefficient (Wildman–Crippen LogP) is 1.29. The Balaban J connectivity index is 2.31. The normalized spacial score (nSPS) is 10.8. The van der Waals surface area contributed by atoms with E-state index in [2.05, 4.69) is 0 Å². The van der Waals surface area contributed by atoms with Crippen molar-refractivity contribution in [1.82, 2.24) is 9.13 Å². The molecule has 5 heteroatoms. The molecule has 0 aliphatic carbocycles. The van der Waals surface area contributed by atoms with Crippen LogP contribution < -0.4 is 5.69 Å². The van der Waals surface area contributed by atoms with Crippen LogP contribution in [-0.4, -0.2) is 21.7 Å². The molecule has 0 aliphatic rings. The number of benzene rings is 1. The summed E-state index contributed by atoms with van der Waals surface area (Å²) in [5.41, 5.74) is 1.60. The third-order valence-electron chi connectivity index (χ3n) is 2.90. The maximum atomic E-state index is 12.0. The summed E-state index contributed by atoms with van der Waals surface area (Å²) in [7, 11) is 1.73. The zero-order valence-electron chi connectivity index (χ0n) is 10.5. The van der Waals surface area contributed by atoms with Crippen molar-refractivity contribution >= 4 is 17.0 Å². The topological polar surface area (TPSA) is 53.2 Å². The van der Waals surface area contributed by atoms with E-state index in [9.17, 15) is 9.59 Å². The van der Waals surface area contributed by atoms with E-state index in [1.165, 1.54) is 0 Å². The fraction of sp³-hybridized carbons (Fsp3) is 0.385. The monoisotopic (exact) mass is 248 g/mol. The van der Waals surface area contributed by atoms with Gasteiger partial charge < -0.3 is 4.74 Å². The van der Waals surface area contributed by atoms with Crippen LogP contribution >= 0.6 is 0 Å². The summed E-state index contributed by atoms with van der Waals surface area (Å²) >= 11 is 0. The van der Waals surface area contributed by atoms with Crippen LogP contribution in [0.5, 0.6) is 0 Å². The largest absolute Gasteiger partial charge is 0.466 e. The van der Waals surface area contributed by atoms with E-state index in [1.54, 1.807) is 23.1 Å². The number of ether oxygens (including phenoxy) is 1. The minimum absolute atomic E-state index is 0.111. The van der Waals surface area contributed by atoms with E-state index in [0.29, 0.717) is 13.2 Å². The average Bonchev–Trinajstić information content (AvgIpc) is 2.61. The molecule has 2 aromatic rings. The van der Waals surface area contributed by atoms with Crippen molar-refractivity contribution in [1.29, 1.82) is 0 Å². The molecular formula is C13H16N2O3. The maximum absolute atomic E-state index is 12.0. The van der Waals surface area contributed by atoms with E-state index in [-0.39, 0.29) is 18.1 Å². The Morgan fingerprint density at radius 1 is 1.28 bits per heavy atom. The van der Waals surface area contributed by atoms with Gasteiger partial charge in [-0.1, -0.05) is 12.1 Å². The quantitative estimate of drug-likeness (QED) is 0.766. The number of fused-ring (bicyclic) bond motifs is 1. The highest BCUT2D eigenvalue weighted by Crippen LogP contribution is 2.11. The first kappa shape index (κ1) is 12.4. The van der Waals surface area contributed by atoms with Crippen LogP contribution in [0.3, 0.4) is 0 Å². The van der Waals surface area contributed by atoms with Crippen LogP contribution in [-0.2, 0) is 23.1 Å². The number of nitrogens with zero attached hydrogens (tertiary/aromatic N) is 2. The highest BCUT2D eigenvalue weighted by molar-refractivity contribution is 5.76. The highest BCUT2D eigenvalue weighted by Gasteiger charge is 2.11. The minimum Gasteiger partial charge on any atom is -0.466 e. The number of carbonyl (C=O) groups excluding carboxylic acids is 1. The lowest BCUT2D eigenvalue weighted by atomic mass is 10.3.